The molecule has 1 fully saturated rings. The number of fused-ring (bicyclic) bond motifs is 2. The Bertz CT molecular complexity index is 1280. The highest BCUT2D eigenvalue weighted by Gasteiger charge is 2.25. The van der Waals surface area contributed by atoms with Crippen LogP contribution < -0.4 is 15.8 Å². The summed E-state index contributed by atoms with van der Waals surface area (Å²) in [5.41, 5.74) is 10.3. The summed E-state index contributed by atoms with van der Waals surface area (Å²) in [4.78, 5) is 17.3. The SMILES string of the molecule is COc1cc(C)cc2cc(-c3cc(CC[C@H]4CCNC4=O)n4ncnc(N)c34)sc12. The average molecular weight is 422 g/mol. The third-order valence-electron chi connectivity index (χ3n) is 5.78. The van der Waals surface area contributed by atoms with Crippen molar-refractivity contribution in [3.8, 4) is 16.2 Å². The van der Waals surface area contributed by atoms with Gasteiger partial charge in [0.25, 0.3) is 0 Å². The van der Waals surface area contributed by atoms with E-state index in [0.717, 1.165) is 68.9 Å². The number of ether oxygens (including phenoxy) is 1. The maximum Gasteiger partial charge on any atom is 0.223 e. The van der Waals surface area contributed by atoms with Gasteiger partial charge in [-0.15, -0.1) is 11.3 Å². The topological polar surface area (TPSA) is 94.5 Å². The molecule has 1 saturated heterocycles. The Balaban J connectivity index is 1.61. The maximum atomic E-state index is 12.0. The standard InChI is InChI=1S/C22H23N5O2S/c1-12-7-14-9-18(30-20(14)17(8-12)29-2)16-10-15(4-3-13-5-6-24-22(13)28)27-19(16)21(23)25-11-26-27/h7-11,13H,3-6H2,1-2H3,(H,24,28)(H2,23,25,26)/t13-/m0/s1. The third-order valence-corrected chi connectivity index (χ3v) is 6.98. The molecule has 1 aliphatic rings. The number of nitrogen functional groups attached to an aromatic ring is 1. The van der Waals surface area contributed by atoms with E-state index in [9.17, 15) is 4.79 Å². The van der Waals surface area contributed by atoms with Gasteiger partial charge in [0.2, 0.25) is 5.91 Å². The number of hydrogen-bond donors (Lipinski definition) is 2. The molecule has 0 spiro atoms. The number of anilines is 1. The van der Waals surface area contributed by atoms with Crippen LogP contribution in [0.15, 0.2) is 30.6 Å². The molecule has 0 saturated carbocycles. The van der Waals surface area contributed by atoms with E-state index in [1.165, 1.54) is 6.33 Å². The molecule has 0 bridgehead atoms. The largest absolute Gasteiger partial charge is 0.495 e. The number of carbonyl (C=O) groups excluding carboxylic acids is 1. The van der Waals surface area contributed by atoms with E-state index in [-0.39, 0.29) is 11.8 Å². The van der Waals surface area contributed by atoms with Crippen molar-refractivity contribution in [3.05, 3.63) is 41.9 Å². The van der Waals surface area contributed by atoms with Gasteiger partial charge in [0.05, 0.1) is 11.8 Å². The highest BCUT2D eigenvalue weighted by atomic mass is 32.1. The second kappa shape index (κ2) is 7.28. The first kappa shape index (κ1) is 18.9. The summed E-state index contributed by atoms with van der Waals surface area (Å²) in [6.07, 6.45) is 3.92. The minimum Gasteiger partial charge on any atom is -0.495 e. The molecule has 4 heterocycles. The van der Waals surface area contributed by atoms with Crippen LogP contribution in [-0.2, 0) is 11.2 Å². The van der Waals surface area contributed by atoms with E-state index in [2.05, 4.69) is 46.6 Å². The van der Waals surface area contributed by atoms with Gasteiger partial charge in [0, 0.05) is 28.6 Å². The lowest BCUT2D eigenvalue weighted by Gasteiger charge is -2.06. The summed E-state index contributed by atoms with van der Waals surface area (Å²) in [6, 6.07) is 8.52. The number of benzene rings is 1. The number of amides is 1. The number of thiophene rings is 1. The van der Waals surface area contributed by atoms with Crippen molar-refractivity contribution in [1.82, 2.24) is 19.9 Å². The third kappa shape index (κ3) is 3.08. The van der Waals surface area contributed by atoms with Crippen LogP contribution in [-0.4, -0.2) is 34.2 Å². The molecule has 154 valence electrons. The minimum absolute atomic E-state index is 0.0646. The van der Waals surface area contributed by atoms with Crippen molar-refractivity contribution in [1.29, 1.82) is 0 Å². The summed E-state index contributed by atoms with van der Waals surface area (Å²) >= 11 is 1.68. The van der Waals surface area contributed by atoms with Crippen LogP contribution in [0.5, 0.6) is 5.75 Å². The van der Waals surface area contributed by atoms with Crippen molar-refractivity contribution in [3.63, 3.8) is 0 Å². The van der Waals surface area contributed by atoms with E-state index >= 15 is 0 Å². The highest BCUT2D eigenvalue weighted by molar-refractivity contribution is 7.22. The van der Waals surface area contributed by atoms with Crippen LogP contribution in [0.1, 0.15) is 24.1 Å². The van der Waals surface area contributed by atoms with E-state index < -0.39 is 0 Å². The molecule has 0 aliphatic carbocycles. The lowest BCUT2D eigenvalue weighted by Crippen LogP contribution is -2.19. The summed E-state index contributed by atoms with van der Waals surface area (Å²) in [7, 11) is 1.70. The number of aromatic nitrogens is 3. The minimum atomic E-state index is 0.0646. The van der Waals surface area contributed by atoms with Gasteiger partial charge >= 0.3 is 0 Å². The Kier molecular flexibility index (Phi) is 4.58. The van der Waals surface area contributed by atoms with Gasteiger partial charge in [0.1, 0.15) is 17.6 Å². The summed E-state index contributed by atoms with van der Waals surface area (Å²) < 4.78 is 8.58. The Morgan fingerprint density at radius 3 is 2.97 bits per heavy atom. The fourth-order valence-corrected chi connectivity index (χ4v) is 5.44. The first-order valence-electron chi connectivity index (χ1n) is 10.0. The Morgan fingerprint density at radius 1 is 1.33 bits per heavy atom. The van der Waals surface area contributed by atoms with Gasteiger partial charge in [-0.25, -0.2) is 9.50 Å². The van der Waals surface area contributed by atoms with Crippen molar-refractivity contribution >= 4 is 38.7 Å². The zero-order chi connectivity index (χ0) is 20.8. The van der Waals surface area contributed by atoms with Crippen LogP contribution in [0.2, 0.25) is 0 Å². The molecule has 5 rings (SSSR count). The van der Waals surface area contributed by atoms with Crippen molar-refractivity contribution in [2.24, 2.45) is 5.92 Å². The second-order valence-electron chi connectivity index (χ2n) is 7.77. The molecule has 0 radical (unpaired) electrons. The van der Waals surface area contributed by atoms with Gasteiger partial charge in [-0.05, 0) is 55.3 Å². The van der Waals surface area contributed by atoms with Crippen LogP contribution in [0.3, 0.4) is 0 Å². The number of nitrogens with two attached hydrogens (primary N) is 1. The fourth-order valence-electron chi connectivity index (χ4n) is 4.29. The van der Waals surface area contributed by atoms with Crippen LogP contribution in [0.4, 0.5) is 5.82 Å². The quantitative estimate of drug-likeness (QED) is 0.514. The van der Waals surface area contributed by atoms with Gasteiger partial charge < -0.3 is 15.8 Å². The van der Waals surface area contributed by atoms with Crippen molar-refractivity contribution in [2.75, 3.05) is 19.4 Å². The first-order valence-corrected chi connectivity index (χ1v) is 10.8. The highest BCUT2D eigenvalue weighted by Crippen LogP contribution is 2.42. The van der Waals surface area contributed by atoms with Gasteiger partial charge in [0.15, 0.2) is 5.82 Å². The Hall–Kier alpha value is -3.13. The second-order valence-corrected chi connectivity index (χ2v) is 8.82. The van der Waals surface area contributed by atoms with E-state index in [1.807, 2.05) is 4.52 Å². The maximum absolute atomic E-state index is 12.0. The predicted molar refractivity (Wildman–Crippen MR) is 119 cm³/mol. The molecule has 1 atom stereocenters. The zero-order valence-corrected chi connectivity index (χ0v) is 17.8. The number of methoxy groups -OCH3 is 1. The molecular weight excluding hydrogens is 398 g/mol. The van der Waals surface area contributed by atoms with Crippen molar-refractivity contribution < 1.29 is 9.53 Å². The van der Waals surface area contributed by atoms with Crippen LogP contribution in [0, 0.1) is 12.8 Å². The van der Waals surface area contributed by atoms with Crippen molar-refractivity contribution in [2.45, 2.75) is 26.2 Å². The number of aryl methyl sites for hydroxylation is 2. The first-order chi connectivity index (χ1) is 14.5. The molecule has 3 N–H and O–H groups in total. The molecule has 1 aromatic carbocycles. The van der Waals surface area contributed by atoms with E-state index in [1.54, 1.807) is 18.4 Å². The van der Waals surface area contributed by atoms with Gasteiger partial charge in [-0.1, -0.05) is 6.07 Å². The predicted octanol–water partition coefficient (Wildman–Crippen LogP) is 3.58. The number of carbonyl (C=O) groups is 1. The lowest BCUT2D eigenvalue weighted by atomic mass is 10.0. The summed E-state index contributed by atoms with van der Waals surface area (Å²) in [5, 5.41) is 8.52. The molecular formula is C22H23N5O2S. The Labute approximate surface area is 177 Å². The van der Waals surface area contributed by atoms with E-state index in [4.69, 9.17) is 10.5 Å². The smallest absolute Gasteiger partial charge is 0.223 e. The normalized spacial score (nSPS) is 16.5. The van der Waals surface area contributed by atoms with E-state index in [0.29, 0.717) is 5.82 Å². The number of nitrogens with one attached hydrogen (secondary N) is 1. The Morgan fingerprint density at radius 2 is 2.20 bits per heavy atom. The average Bonchev–Trinajstić information content (AvgIpc) is 3.42. The zero-order valence-electron chi connectivity index (χ0n) is 16.9. The molecule has 7 nitrogen and oxygen atoms in total. The van der Waals surface area contributed by atoms with Crippen LogP contribution in [0.25, 0.3) is 26.0 Å². The number of hydrogen-bond acceptors (Lipinski definition) is 6. The van der Waals surface area contributed by atoms with Crippen LogP contribution >= 0.6 is 11.3 Å². The fraction of sp³-hybridized carbons (Fsp3) is 0.318. The monoisotopic (exact) mass is 421 g/mol. The number of nitrogens with zero attached hydrogens (tertiary/aromatic N) is 3. The molecule has 4 aromatic rings. The molecule has 3 aromatic heterocycles. The van der Waals surface area contributed by atoms with Gasteiger partial charge in [-0.2, -0.15) is 5.10 Å². The summed E-state index contributed by atoms with van der Waals surface area (Å²) in [6.45, 7) is 2.83. The summed E-state index contributed by atoms with van der Waals surface area (Å²) in [5.74, 6) is 1.54. The molecule has 0 unspecified atom stereocenters. The lowest BCUT2D eigenvalue weighted by molar-refractivity contribution is -0.122. The molecule has 8 heteroatoms. The molecule has 30 heavy (non-hydrogen) atoms. The number of rotatable bonds is 5. The van der Waals surface area contributed by atoms with Gasteiger partial charge in [-0.3, -0.25) is 4.79 Å². The molecule has 1 aliphatic heterocycles. The molecule has 1 amide bonds.